The van der Waals surface area contributed by atoms with Gasteiger partial charge in [0.25, 0.3) is 0 Å². The summed E-state index contributed by atoms with van der Waals surface area (Å²) in [4.78, 5) is 4.11. The summed E-state index contributed by atoms with van der Waals surface area (Å²) in [5, 5.41) is 8.97. The summed E-state index contributed by atoms with van der Waals surface area (Å²) in [6.45, 7) is 3.48. The number of para-hydroxylation sites is 1. The van der Waals surface area contributed by atoms with E-state index in [1.807, 2.05) is 12.1 Å². The van der Waals surface area contributed by atoms with Gasteiger partial charge in [-0.25, -0.2) is 4.98 Å². The van der Waals surface area contributed by atoms with Crippen molar-refractivity contribution in [3.05, 3.63) is 48.0 Å². The minimum Gasteiger partial charge on any atom is -0.486 e. The van der Waals surface area contributed by atoms with Crippen LogP contribution in [0.5, 0.6) is 5.75 Å². The predicted molar refractivity (Wildman–Crippen MR) is 68.0 cm³/mol. The third-order valence-electron chi connectivity index (χ3n) is 2.65. The number of aromatic nitrogens is 2. The van der Waals surface area contributed by atoms with Crippen LogP contribution >= 0.6 is 0 Å². The molecule has 0 unspecified atom stereocenters. The molecular formula is C14H15N3O. The van der Waals surface area contributed by atoms with Crippen molar-refractivity contribution in [2.45, 2.75) is 26.5 Å². The zero-order valence-corrected chi connectivity index (χ0v) is 10.3. The predicted octanol–water partition coefficient (Wildman–Crippen LogP) is 2.74. The maximum atomic E-state index is 8.97. The third kappa shape index (κ3) is 2.69. The molecule has 0 N–H and O–H groups in total. The van der Waals surface area contributed by atoms with E-state index in [1.54, 1.807) is 24.7 Å². The Morgan fingerprint density at radius 3 is 3.00 bits per heavy atom. The van der Waals surface area contributed by atoms with Gasteiger partial charge in [-0.2, -0.15) is 5.26 Å². The van der Waals surface area contributed by atoms with Gasteiger partial charge < -0.3 is 9.30 Å². The summed E-state index contributed by atoms with van der Waals surface area (Å²) in [5.41, 5.74) is 1.57. The highest BCUT2D eigenvalue weighted by molar-refractivity contribution is 5.42. The van der Waals surface area contributed by atoms with Crippen molar-refractivity contribution >= 4 is 0 Å². The Morgan fingerprint density at radius 2 is 2.22 bits per heavy atom. The number of nitrogens with zero attached hydrogens (tertiary/aromatic N) is 3. The van der Waals surface area contributed by atoms with E-state index < -0.39 is 0 Å². The van der Waals surface area contributed by atoms with E-state index in [-0.39, 0.29) is 0 Å². The van der Waals surface area contributed by atoms with Crippen LogP contribution in [-0.4, -0.2) is 9.55 Å². The summed E-state index contributed by atoms with van der Waals surface area (Å²) in [6, 6.07) is 9.36. The number of imidazole rings is 1. The molecule has 0 fully saturated rings. The smallest absolute Gasteiger partial charge is 0.137 e. The first-order chi connectivity index (χ1) is 8.85. The van der Waals surface area contributed by atoms with E-state index in [9.17, 15) is 0 Å². The molecule has 18 heavy (non-hydrogen) atoms. The second kappa shape index (κ2) is 5.87. The number of ether oxygens (including phenoxy) is 1. The van der Waals surface area contributed by atoms with E-state index in [4.69, 9.17) is 10.00 Å². The van der Waals surface area contributed by atoms with Crippen LogP contribution in [0.2, 0.25) is 0 Å². The second-order valence-electron chi connectivity index (χ2n) is 3.98. The Morgan fingerprint density at radius 1 is 1.39 bits per heavy atom. The maximum absolute atomic E-state index is 8.97. The molecule has 2 rings (SSSR count). The highest BCUT2D eigenvalue weighted by Gasteiger charge is 2.05. The van der Waals surface area contributed by atoms with Crippen molar-refractivity contribution in [2.24, 2.45) is 0 Å². The first-order valence-electron chi connectivity index (χ1n) is 5.96. The fourth-order valence-corrected chi connectivity index (χ4v) is 1.75. The Labute approximate surface area is 106 Å². The van der Waals surface area contributed by atoms with Crippen LogP contribution in [0.15, 0.2) is 36.8 Å². The zero-order chi connectivity index (χ0) is 12.8. The minimum absolute atomic E-state index is 0.429. The number of nitriles is 1. The van der Waals surface area contributed by atoms with Crippen LogP contribution in [0, 0.1) is 11.3 Å². The molecule has 92 valence electrons. The summed E-state index contributed by atoms with van der Waals surface area (Å²) in [5.74, 6) is 0.615. The van der Waals surface area contributed by atoms with Crippen molar-refractivity contribution in [3.63, 3.8) is 0 Å². The van der Waals surface area contributed by atoms with Crippen molar-refractivity contribution in [3.8, 4) is 11.8 Å². The fourth-order valence-electron chi connectivity index (χ4n) is 1.75. The van der Waals surface area contributed by atoms with Crippen molar-refractivity contribution in [1.82, 2.24) is 9.55 Å². The molecule has 0 aliphatic carbocycles. The highest BCUT2D eigenvalue weighted by Crippen LogP contribution is 2.18. The quantitative estimate of drug-likeness (QED) is 0.808. The van der Waals surface area contributed by atoms with Crippen molar-refractivity contribution in [1.29, 1.82) is 5.26 Å². The van der Waals surface area contributed by atoms with Crippen molar-refractivity contribution < 1.29 is 4.74 Å². The normalized spacial score (nSPS) is 10.0. The minimum atomic E-state index is 0.429. The van der Waals surface area contributed by atoms with Gasteiger partial charge in [-0.3, -0.25) is 0 Å². The molecule has 0 amide bonds. The largest absolute Gasteiger partial charge is 0.486 e. The maximum Gasteiger partial charge on any atom is 0.137 e. The molecule has 0 bridgehead atoms. The molecule has 0 atom stereocenters. The number of hydrogen-bond donors (Lipinski definition) is 0. The first kappa shape index (κ1) is 12.2. The average molecular weight is 241 g/mol. The molecule has 0 aliphatic rings. The van der Waals surface area contributed by atoms with Crippen LogP contribution in [0.4, 0.5) is 0 Å². The Bertz CT molecular complexity index is 554. The van der Waals surface area contributed by atoms with Gasteiger partial charge in [0, 0.05) is 6.54 Å². The van der Waals surface area contributed by atoms with E-state index in [0.717, 1.165) is 18.7 Å². The number of aryl methyl sites for hydroxylation is 1. The Kier molecular flexibility index (Phi) is 3.98. The monoisotopic (exact) mass is 241 g/mol. The standard InChI is InChI=1S/C14H15N3O/c1-2-7-17-11-16-9-13(17)10-18-14-6-4-3-5-12(14)8-15/h3-6,9,11H,2,7,10H2,1H3. The SMILES string of the molecule is CCCn1cncc1COc1ccccc1C#N. The molecule has 1 aromatic heterocycles. The van der Waals surface area contributed by atoms with Crippen LogP contribution in [-0.2, 0) is 13.2 Å². The van der Waals surface area contributed by atoms with E-state index >= 15 is 0 Å². The lowest BCUT2D eigenvalue weighted by atomic mass is 10.2. The van der Waals surface area contributed by atoms with E-state index in [0.29, 0.717) is 17.9 Å². The molecule has 1 heterocycles. The Balaban J connectivity index is 2.07. The van der Waals surface area contributed by atoms with Gasteiger partial charge in [0.15, 0.2) is 0 Å². The van der Waals surface area contributed by atoms with Gasteiger partial charge in [-0.15, -0.1) is 0 Å². The lowest BCUT2D eigenvalue weighted by Gasteiger charge is -2.09. The molecule has 4 heteroatoms. The lowest BCUT2D eigenvalue weighted by Crippen LogP contribution is -2.05. The summed E-state index contributed by atoms with van der Waals surface area (Å²) in [7, 11) is 0. The second-order valence-corrected chi connectivity index (χ2v) is 3.98. The summed E-state index contributed by atoms with van der Waals surface area (Å²) >= 11 is 0. The fraction of sp³-hybridized carbons (Fsp3) is 0.286. The number of benzene rings is 1. The molecule has 2 aromatic rings. The molecular weight excluding hydrogens is 226 g/mol. The van der Waals surface area contributed by atoms with Gasteiger partial charge in [-0.1, -0.05) is 19.1 Å². The molecule has 1 aromatic carbocycles. The Hall–Kier alpha value is -2.28. The van der Waals surface area contributed by atoms with Gasteiger partial charge in [0.1, 0.15) is 18.4 Å². The van der Waals surface area contributed by atoms with E-state index in [1.165, 1.54) is 0 Å². The molecule has 0 saturated heterocycles. The molecule has 4 nitrogen and oxygen atoms in total. The van der Waals surface area contributed by atoms with Crippen LogP contribution < -0.4 is 4.74 Å². The van der Waals surface area contributed by atoms with Gasteiger partial charge in [0.05, 0.1) is 23.8 Å². The molecule has 0 saturated carbocycles. The summed E-state index contributed by atoms with van der Waals surface area (Å²) in [6.07, 6.45) is 4.65. The van der Waals surface area contributed by atoms with Crippen LogP contribution in [0.25, 0.3) is 0 Å². The molecule has 0 aliphatic heterocycles. The number of rotatable bonds is 5. The van der Waals surface area contributed by atoms with Crippen LogP contribution in [0.1, 0.15) is 24.6 Å². The van der Waals surface area contributed by atoms with Crippen molar-refractivity contribution in [2.75, 3.05) is 0 Å². The van der Waals surface area contributed by atoms with Crippen LogP contribution in [0.3, 0.4) is 0 Å². The van der Waals surface area contributed by atoms with Gasteiger partial charge in [-0.05, 0) is 18.6 Å². The summed E-state index contributed by atoms with van der Waals surface area (Å²) < 4.78 is 7.74. The third-order valence-corrected chi connectivity index (χ3v) is 2.65. The van der Waals surface area contributed by atoms with Gasteiger partial charge >= 0.3 is 0 Å². The van der Waals surface area contributed by atoms with Gasteiger partial charge in [0.2, 0.25) is 0 Å². The first-order valence-corrected chi connectivity index (χ1v) is 5.96. The average Bonchev–Trinajstić information content (AvgIpc) is 2.84. The molecule has 0 radical (unpaired) electrons. The van der Waals surface area contributed by atoms with E-state index in [2.05, 4.69) is 22.5 Å². The zero-order valence-electron chi connectivity index (χ0n) is 10.3. The topological polar surface area (TPSA) is 50.8 Å². The number of hydrogen-bond acceptors (Lipinski definition) is 3. The highest BCUT2D eigenvalue weighted by atomic mass is 16.5. The lowest BCUT2D eigenvalue weighted by molar-refractivity contribution is 0.294. The molecule has 0 spiro atoms.